The van der Waals surface area contributed by atoms with Gasteiger partial charge in [0.1, 0.15) is 6.33 Å². The van der Waals surface area contributed by atoms with Crippen LogP contribution in [0.2, 0.25) is 10.0 Å². The van der Waals surface area contributed by atoms with E-state index >= 15 is 0 Å². The summed E-state index contributed by atoms with van der Waals surface area (Å²) in [5.74, 6) is -0.0142. The highest BCUT2D eigenvalue weighted by Crippen LogP contribution is 2.24. The maximum absolute atomic E-state index is 8.51. The first kappa shape index (κ1) is 12.7. The monoisotopic (exact) mass is 285 g/mol. The van der Waals surface area contributed by atoms with Crippen molar-refractivity contribution in [3.8, 4) is 0 Å². The Labute approximate surface area is 113 Å². The van der Waals surface area contributed by atoms with Crippen molar-refractivity contribution in [1.82, 2.24) is 14.8 Å². The molecule has 0 radical (unpaired) electrons. The van der Waals surface area contributed by atoms with Crippen LogP contribution in [0.15, 0.2) is 29.7 Å². The summed E-state index contributed by atoms with van der Waals surface area (Å²) < 4.78 is 1.50. The Kier molecular flexibility index (Phi) is 3.69. The summed E-state index contributed by atoms with van der Waals surface area (Å²) in [6.45, 7) is 0.351. The van der Waals surface area contributed by atoms with E-state index in [1.807, 2.05) is 0 Å². The second-order valence-corrected chi connectivity index (χ2v) is 4.27. The van der Waals surface area contributed by atoms with Gasteiger partial charge in [0.05, 0.1) is 6.54 Å². The van der Waals surface area contributed by atoms with Gasteiger partial charge in [0.2, 0.25) is 11.7 Å². The van der Waals surface area contributed by atoms with Crippen LogP contribution in [-0.2, 0) is 6.54 Å². The summed E-state index contributed by atoms with van der Waals surface area (Å²) >= 11 is 12.1. The molecule has 94 valence electrons. The molecule has 0 spiro atoms. The molecule has 2 aromatic rings. The van der Waals surface area contributed by atoms with Crippen LogP contribution in [0.5, 0.6) is 0 Å². The molecule has 1 heterocycles. The van der Waals surface area contributed by atoms with E-state index in [2.05, 4.69) is 15.2 Å². The lowest BCUT2D eigenvalue weighted by Crippen LogP contribution is -2.15. The molecule has 0 aliphatic rings. The van der Waals surface area contributed by atoms with Gasteiger partial charge in [-0.25, -0.2) is 9.67 Å². The van der Waals surface area contributed by atoms with Crippen molar-refractivity contribution in [3.63, 3.8) is 0 Å². The summed E-state index contributed by atoms with van der Waals surface area (Å²) in [4.78, 5) is 3.89. The summed E-state index contributed by atoms with van der Waals surface area (Å²) in [6, 6.07) is 5.24. The van der Waals surface area contributed by atoms with Crippen LogP contribution < -0.4 is 5.73 Å². The third-order valence-corrected chi connectivity index (χ3v) is 2.96. The molecule has 0 aliphatic carbocycles. The molecule has 8 heteroatoms. The van der Waals surface area contributed by atoms with Crippen molar-refractivity contribution in [3.05, 3.63) is 46.0 Å². The predicted octanol–water partition coefficient (Wildman–Crippen LogP) is 1.73. The smallest absolute Gasteiger partial charge is 0.219 e. The Morgan fingerprint density at radius 2 is 2.06 bits per heavy atom. The molecule has 18 heavy (non-hydrogen) atoms. The fraction of sp³-hybridized carbons (Fsp3) is 0.100. The van der Waals surface area contributed by atoms with Crippen molar-refractivity contribution in [2.75, 3.05) is 0 Å². The maximum atomic E-state index is 8.51. The summed E-state index contributed by atoms with van der Waals surface area (Å²) in [7, 11) is 0. The van der Waals surface area contributed by atoms with E-state index in [-0.39, 0.29) is 11.7 Å². The highest BCUT2D eigenvalue weighted by molar-refractivity contribution is 6.35. The van der Waals surface area contributed by atoms with E-state index < -0.39 is 0 Å². The molecule has 0 fully saturated rings. The molecule has 1 aromatic carbocycles. The van der Waals surface area contributed by atoms with E-state index in [0.29, 0.717) is 16.6 Å². The minimum atomic E-state index is -0.154. The molecular formula is C10H9Cl2N5O. The molecule has 2 rings (SSSR count). The molecule has 6 nitrogen and oxygen atoms in total. The topological polar surface area (TPSA) is 89.3 Å². The normalized spacial score (nSPS) is 11.8. The molecule has 0 saturated carbocycles. The third kappa shape index (κ3) is 2.55. The van der Waals surface area contributed by atoms with Gasteiger partial charge in [-0.1, -0.05) is 34.4 Å². The first-order valence-corrected chi connectivity index (χ1v) is 5.67. The molecule has 0 aliphatic heterocycles. The number of oxime groups is 1. The molecule has 0 atom stereocenters. The Morgan fingerprint density at radius 3 is 2.67 bits per heavy atom. The van der Waals surface area contributed by atoms with Gasteiger partial charge < -0.3 is 10.9 Å². The van der Waals surface area contributed by atoms with Crippen molar-refractivity contribution in [2.45, 2.75) is 6.54 Å². The highest BCUT2D eigenvalue weighted by Gasteiger charge is 2.09. The van der Waals surface area contributed by atoms with Gasteiger partial charge in [0.15, 0.2) is 0 Å². The lowest BCUT2D eigenvalue weighted by Gasteiger charge is -2.05. The summed E-state index contributed by atoms with van der Waals surface area (Å²) in [6.07, 6.45) is 1.45. The first-order chi connectivity index (χ1) is 8.61. The summed E-state index contributed by atoms with van der Waals surface area (Å²) in [5.41, 5.74) is 6.10. The molecule has 0 saturated heterocycles. The van der Waals surface area contributed by atoms with Crippen LogP contribution in [0.25, 0.3) is 0 Å². The number of nitrogens with zero attached hydrogens (tertiary/aromatic N) is 4. The zero-order valence-corrected chi connectivity index (χ0v) is 10.6. The second kappa shape index (κ2) is 5.24. The van der Waals surface area contributed by atoms with E-state index in [9.17, 15) is 0 Å². The Bertz CT molecular complexity index is 575. The molecule has 0 bridgehead atoms. The minimum absolute atomic E-state index is 0.140. The number of aromatic nitrogens is 3. The number of hydrogen-bond acceptors (Lipinski definition) is 4. The van der Waals surface area contributed by atoms with Gasteiger partial charge in [-0.3, -0.25) is 0 Å². The van der Waals surface area contributed by atoms with E-state index in [1.165, 1.54) is 11.0 Å². The average molecular weight is 286 g/mol. The van der Waals surface area contributed by atoms with Gasteiger partial charge >= 0.3 is 0 Å². The molecule has 1 aromatic heterocycles. The lowest BCUT2D eigenvalue weighted by molar-refractivity contribution is 0.318. The van der Waals surface area contributed by atoms with Crippen LogP contribution >= 0.6 is 23.2 Å². The zero-order valence-electron chi connectivity index (χ0n) is 9.09. The molecule has 0 unspecified atom stereocenters. The largest absolute Gasteiger partial charge is 0.409 e. The van der Waals surface area contributed by atoms with E-state index in [4.69, 9.17) is 34.1 Å². The molecular weight excluding hydrogens is 277 g/mol. The number of nitrogens with two attached hydrogens (primary N) is 1. The fourth-order valence-corrected chi connectivity index (χ4v) is 1.90. The van der Waals surface area contributed by atoms with E-state index in [1.54, 1.807) is 18.2 Å². The Balaban J connectivity index is 2.27. The standard InChI is InChI=1S/C10H9Cl2N5O/c11-7-2-1-3-8(12)6(7)4-17-5-14-10(15-17)9(13)16-18/h1-3,5,18H,4H2,(H2,13,16). The zero-order chi connectivity index (χ0) is 13.1. The van der Waals surface area contributed by atoms with Crippen LogP contribution in [0, 0.1) is 0 Å². The van der Waals surface area contributed by atoms with Crippen molar-refractivity contribution < 1.29 is 5.21 Å². The highest BCUT2D eigenvalue weighted by atomic mass is 35.5. The van der Waals surface area contributed by atoms with Crippen molar-refractivity contribution >= 4 is 29.0 Å². The van der Waals surface area contributed by atoms with Gasteiger partial charge in [-0.15, -0.1) is 5.10 Å². The summed E-state index contributed by atoms with van der Waals surface area (Å²) in [5, 5.41) is 16.4. The first-order valence-electron chi connectivity index (χ1n) is 4.92. The maximum Gasteiger partial charge on any atom is 0.219 e. The second-order valence-electron chi connectivity index (χ2n) is 3.45. The van der Waals surface area contributed by atoms with Gasteiger partial charge in [0, 0.05) is 15.6 Å². The molecule has 0 amide bonds. The molecule has 3 N–H and O–H groups in total. The number of rotatable bonds is 3. The van der Waals surface area contributed by atoms with Crippen LogP contribution in [-0.4, -0.2) is 25.8 Å². The predicted molar refractivity (Wildman–Crippen MR) is 68.1 cm³/mol. The SMILES string of the molecule is N/C(=N/O)c1ncn(Cc2c(Cl)cccc2Cl)n1. The number of hydrogen-bond donors (Lipinski definition) is 2. The van der Waals surface area contributed by atoms with E-state index in [0.717, 1.165) is 5.56 Å². The van der Waals surface area contributed by atoms with Crippen LogP contribution in [0.4, 0.5) is 0 Å². The van der Waals surface area contributed by atoms with Gasteiger partial charge in [-0.2, -0.15) is 0 Å². The Morgan fingerprint density at radius 1 is 1.39 bits per heavy atom. The van der Waals surface area contributed by atoms with Crippen molar-refractivity contribution in [1.29, 1.82) is 0 Å². The van der Waals surface area contributed by atoms with Crippen LogP contribution in [0.3, 0.4) is 0 Å². The van der Waals surface area contributed by atoms with Crippen LogP contribution in [0.1, 0.15) is 11.4 Å². The quantitative estimate of drug-likeness (QED) is 0.389. The minimum Gasteiger partial charge on any atom is -0.409 e. The number of benzene rings is 1. The third-order valence-electron chi connectivity index (χ3n) is 2.26. The lowest BCUT2D eigenvalue weighted by atomic mass is 10.2. The Hall–Kier alpha value is -1.79. The fourth-order valence-electron chi connectivity index (χ4n) is 1.38. The average Bonchev–Trinajstić information content (AvgIpc) is 2.81. The van der Waals surface area contributed by atoms with Gasteiger partial charge in [0.25, 0.3) is 0 Å². The van der Waals surface area contributed by atoms with Gasteiger partial charge in [-0.05, 0) is 12.1 Å². The number of amidine groups is 1. The number of halogens is 2. The van der Waals surface area contributed by atoms with Crippen molar-refractivity contribution in [2.24, 2.45) is 10.9 Å².